The number of hydrogen-bond donors (Lipinski definition) is 0. The van der Waals surface area contributed by atoms with Crippen LogP contribution < -0.4 is 9.80 Å². The average molecular weight is 420 g/mol. The standard InChI is InChI=1S/C22H24N6O3/c1-13-10-27(22(30)16-4-5-16)20-8-17(6-7-19(20)28(13)15(3)29)18-9-23-26(11-18)12-21-24-14(2)31-25-21/h6-9,11,13,16H,4-5,10,12H2,1-3H3/t13-/m0/s1. The molecule has 3 aromatic rings. The summed E-state index contributed by atoms with van der Waals surface area (Å²) in [5.74, 6) is 1.31. The second-order valence-corrected chi connectivity index (χ2v) is 8.32. The molecule has 1 aromatic carbocycles. The highest BCUT2D eigenvalue weighted by Gasteiger charge is 2.39. The van der Waals surface area contributed by atoms with Crippen molar-refractivity contribution in [1.82, 2.24) is 19.9 Å². The minimum atomic E-state index is -0.0697. The number of aromatic nitrogens is 4. The van der Waals surface area contributed by atoms with Gasteiger partial charge in [0.25, 0.3) is 0 Å². The lowest BCUT2D eigenvalue weighted by Crippen LogP contribution is -2.51. The normalized spacial score (nSPS) is 18.2. The van der Waals surface area contributed by atoms with Gasteiger partial charge in [0.2, 0.25) is 17.7 Å². The van der Waals surface area contributed by atoms with E-state index in [-0.39, 0.29) is 23.8 Å². The molecule has 2 amide bonds. The highest BCUT2D eigenvalue weighted by atomic mass is 16.5. The molecule has 5 rings (SSSR count). The van der Waals surface area contributed by atoms with Crippen molar-refractivity contribution in [1.29, 1.82) is 0 Å². The van der Waals surface area contributed by atoms with Crippen LogP contribution in [0.15, 0.2) is 35.1 Å². The van der Waals surface area contributed by atoms with Gasteiger partial charge in [0.1, 0.15) is 6.54 Å². The molecule has 0 saturated heterocycles. The molecule has 3 heterocycles. The molecule has 0 N–H and O–H groups in total. The summed E-state index contributed by atoms with van der Waals surface area (Å²) in [6.07, 6.45) is 5.57. The highest BCUT2D eigenvalue weighted by molar-refractivity contribution is 6.06. The summed E-state index contributed by atoms with van der Waals surface area (Å²) in [5, 5.41) is 8.31. The lowest BCUT2D eigenvalue weighted by molar-refractivity contribution is -0.120. The molecule has 1 aliphatic heterocycles. The number of hydrogen-bond acceptors (Lipinski definition) is 6. The van der Waals surface area contributed by atoms with Gasteiger partial charge in [0.15, 0.2) is 5.82 Å². The van der Waals surface area contributed by atoms with Crippen LogP contribution in [0.4, 0.5) is 11.4 Å². The zero-order valence-corrected chi connectivity index (χ0v) is 17.8. The Morgan fingerprint density at radius 2 is 2.00 bits per heavy atom. The molecular weight excluding hydrogens is 396 g/mol. The first kappa shape index (κ1) is 19.5. The van der Waals surface area contributed by atoms with Crippen molar-refractivity contribution in [3.8, 4) is 11.1 Å². The van der Waals surface area contributed by atoms with Crippen LogP contribution >= 0.6 is 0 Å². The van der Waals surface area contributed by atoms with E-state index in [0.29, 0.717) is 24.8 Å². The third kappa shape index (κ3) is 3.60. The van der Waals surface area contributed by atoms with Gasteiger partial charge in [0.05, 0.1) is 23.6 Å². The summed E-state index contributed by atoms with van der Waals surface area (Å²) < 4.78 is 6.76. The fourth-order valence-electron chi connectivity index (χ4n) is 4.19. The second-order valence-electron chi connectivity index (χ2n) is 8.32. The van der Waals surface area contributed by atoms with Gasteiger partial charge in [-0.1, -0.05) is 11.2 Å². The van der Waals surface area contributed by atoms with Crippen molar-refractivity contribution in [2.45, 2.75) is 46.2 Å². The molecule has 9 heteroatoms. The third-order valence-corrected chi connectivity index (χ3v) is 5.78. The van der Waals surface area contributed by atoms with E-state index < -0.39 is 0 Å². The fourth-order valence-corrected chi connectivity index (χ4v) is 4.19. The quantitative estimate of drug-likeness (QED) is 0.644. The number of aryl methyl sites for hydroxylation is 1. The minimum Gasteiger partial charge on any atom is -0.340 e. The molecular formula is C22H24N6O3. The molecule has 0 bridgehead atoms. The van der Waals surface area contributed by atoms with Crippen molar-refractivity contribution < 1.29 is 14.1 Å². The van der Waals surface area contributed by atoms with E-state index in [1.807, 2.05) is 36.2 Å². The summed E-state index contributed by atoms with van der Waals surface area (Å²) in [6.45, 7) is 6.20. The molecule has 1 fully saturated rings. The number of fused-ring (bicyclic) bond motifs is 1. The highest BCUT2D eigenvalue weighted by Crippen LogP contribution is 2.42. The number of anilines is 2. The summed E-state index contributed by atoms with van der Waals surface area (Å²) in [4.78, 5) is 33.1. The van der Waals surface area contributed by atoms with Crippen LogP contribution in [0.1, 0.15) is 38.4 Å². The third-order valence-electron chi connectivity index (χ3n) is 5.78. The molecule has 0 radical (unpaired) electrons. The number of benzene rings is 1. The maximum atomic E-state index is 13.0. The van der Waals surface area contributed by atoms with E-state index in [9.17, 15) is 9.59 Å². The molecule has 160 valence electrons. The van der Waals surface area contributed by atoms with Gasteiger partial charge >= 0.3 is 0 Å². The maximum absolute atomic E-state index is 13.0. The van der Waals surface area contributed by atoms with Gasteiger partial charge < -0.3 is 14.3 Å². The Bertz CT molecular complexity index is 1160. The van der Waals surface area contributed by atoms with E-state index in [2.05, 4.69) is 15.2 Å². The van der Waals surface area contributed by atoms with Gasteiger partial charge in [-0.05, 0) is 37.5 Å². The van der Waals surface area contributed by atoms with Gasteiger partial charge in [-0.15, -0.1) is 0 Å². The molecule has 31 heavy (non-hydrogen) atoms. The Labute approximate surface area is 179 Å². The Morgan fingerprint density at radius 1 is 1.19 bits per heavy atom. The monoisotopic (exact) mass is 420 g/mol. The average Bonchev–Trinajstić information content (AvgIpc) is 3.36. The topological polar surface area (TPSA) is 97.4 Å². The Morgan fingerprint density at radius 3 is 2.68 bits per heavy atom. The molecule has 2 aromatic heterocycles. The van der Waals surface area contributed by atoms with Crippen LogP contribution in [0.2, 0.25) is 0 Å². The first-order chi connectivity index (χ1) is 14.9. The van der Waals surface area contributed by atoms with E-state index in [1.54, 1.807) is 29.6 Å². The number of amides is 2. The zero-order valence-electron chi connectivity index (χ0n) is 17.8. The molecule has 1 aliphatic carbocycles. The molecule has 1 atom stereocenters. The number of carbonyl (C=O) groups excluding carboxylic acids is 2. The first-order valence-electron chi connectivity index (χ1n) is 10.5. The van der Waals surface area contributed by atoms with Crippen LogP contribution in [0.3, 0.4) is 0 Å². The van der Waals surface area contributed by atoms with Gasteiger partial charge in [-0.25, -0.2) is 0 Å². The van der Waals surface area contributed by atoms with Crippen molar-refractivity contribution in [3.63, 3.8) is 0 Å². The van der Waals surface area contributed by atoms with Crippen LogP contribution in [-0.4, -0.2) is 44.3 Å². The van der Waals surface area contributed by atoms with E-state index in [4.69, 9.17) is 4.52 Å². The maximum Gasteiger partial charge on any atom is 0.230 e. The zero-order chi connectivity index (χ0) is 21.7. The van der Waals surface area contributed by atoms with Crippen molar-refractivity contribution >= 4 is 23.2 Å². The van der Waals surface area contributed by atoms with Gasteiger partial charge in [-0.2, -0.15) is 10.1 Å². The molecule has 0 unspecified atom stereocenters. The van der Waals surface area contributed by atoms with Crippen LogP contribution in [0, 0.1) is 12.8 Å². The van der Waals surface area contributed by atoms with Crippen molar-refractivity contribution in [2.24, 2.45) is 5.92 Å². The molecule has 0 spiro atoms. The Kier molecular flexibility index (Phi) is 4.60. The number of nitrogens with zero attached hydrogens (tertiary/aromatic N) is 6. The molecule has 9 nitrogen and oxygen atoms in total. The van der Waals surface area contributed by atoms with E-state index in [0.717, 1.165) is 35.3 Å². The smallest absolute Gasteiger partial charge is 0.230 e. The lowest BCUT2D eigenvalue weighted by atomic mass is 10.0. The largest absolute Gasteiger partial charge is 0.340 e. The number of rotatable bonds is 4. The van der Waals surface area contributed by atoms with Crippen LogP contribution in [-0.2, 0) is 16.1 Å². The van der Waals surface area contributed by atoms with Crippen molar-refractivity contribution in [3.05, 3.63) is 42.3 Å². The molecule has 1 saturated carbocycles. The molecule has 2 aliphatic rings. The Balaban J connectivity index is 1.49. The Hall–Kier alpha value is -3.49. The van der Waals surface area contributed by atoms with Gasteiger partial charge in [-0.3, -0.25) is 14.3 Å². The van der Waals surface area contributed by atoms with Gasteiger partial charge in [0, 0.05) is 38.1 Å². The van der Waals surface area contributed by atoms with Crippen LogP contribution in [0.25, 0.3) is 11.1 Å². The predicted molar refractivity (Wildman–Crippen MR) is 113 cm³/mol. The van der Waals surface area contributed by atoms with Crippen LogP contribution in [0.5, 0.6) is 0 Å². The van der Waals surface area contributed by atoms with E-state index >= 15 is 0 Å². The minimum absolute atomic E-state index is 0.0248. The summed E-state index contributed by atoms with van der Waals surface area (Å²) >= 11 is 0. The lowest BCUT2D eigenvalue weighted by Gasteiger charge is -2.41. The van der Waals surface area contributed by atoms with Crippen molar-refractivity contribution in [2.75, 3.05) is 16.3 Å². The van der Waals surface area contributed by atoms with E-state index in [1.165, 1.54) is 0 Å². The number of carbonyl (C=O) groups is 2. The summed E-state index contributed by atoms with van der Waals surface area (Å²) in [7, 11) is 0. The fraction of sp³-hybridized carbons (Fsp3) is 0.409. The predicted octanol–water partition coefficient (Wildman–Crippen LogP) is 2.79. The summed E-state index contributed by atoms with van der Waals surface area (Å²) in [5.41, 5.74) is 3.40. The second kappa shape index (κ2) is 7.33. The summed E-state index contributed by atoms with van der Waals surface area (Å²) in [6, 6.07) is 5.80. The SMILES string of the molecule is CC(=O)N1c2ccc(-c3cnn(Cc4noc(C)n4)c3)cc2N(C(=O)C2CC2)C[C@@H]1C. The first-order valence-corrected chi connectivity index (χ1v) is 10.5.